The molecule has 3 nitrogen and oxygen atoms in total. The third-order valence-corrected chi connectivity index (χ3v) is 3.90. The SMILES string of the molecule is CCC1CCCN1c1ccc(Br)cc1C(=N)N. The molecule has 3 N–H and O–H groups in total. The molecular formula is C13H18BrN3. The van der Waals surface area contributed by atoms with Crippen molar-refractivity contribution < 1.29 is 0 Å². The molecule has 1 aromatic rings. The highest BCUT2D eigenvalue weighted by atomic mass is 79.9. The molecule has 0 aromatic heterocycles. The maximum absolute atomic E-state index is 7.69. The van der Waals surface area contributed by atoms with E-state index in [1.165, 1.54) is 12.8 Å². The first-order chi connectivity index (χ1) is 8.13. The van der Waals surface area contributed by atoms with Gasteiger partial charge in [-0.15, -0.1) is 0 Å². The molecule has 1 saturated heterocycles. The second-order valence-corrected chi connectivity index (χ2v) is 5.39. The smallest absolute Gasteiger partial charge is 0.124 e. The lowest BCUT2D eigenvalue weighted by Crippen LogP contribution is -2.30. The highest BCUT2D eigenvalue weighted by Crippen LogP contribution is 2.31. The summed E-state index contributed by atoms with van der Waals surface area (Å²) in [5, 5.41) is 7.69. The van der Waals surface area contributed by atoms with Gasteiger partial charge in [-0.3, -0.25) is 5.41 Å². The topological polar surface area (TPSA) is 53.1 Å². The lowest BCUT2D eigenvalue weighted by molar-refractivity contribution is 0.645. The number of hydrogen-bond acceptors (Lipinski definition) is 2. The van der Waals surface area contributed by atoms with Gasteiger partial charge in [0.25, 0.3) is 0 Å². The van der Waals surface area contributed by atoms with Crippen molar-refractivity contribution in [2.24, 2.45) is 5.73 Å². The van der Waals surface area contributed by atoms with Crippen molar-refractivity contribution in [1.29, 1.82) is 5.41 Å². The standard InChI is InChI=1S/C13H18BrN3/c1-2-10-4-3-7-17(10)12-6-5-9(14)8-11(12)13(15)16/h5-6,8,10H,2-4,7H2,1H3,(H3,15,16). The Hall–Kier alpha value is -1.03. The van der Waals surface area contributed by atoms with Crippen LogP contribution in [-0.4, -0.2) is 18.4 Å². The summed E-state index contributed by atoms with van der Waals surface area (Å²) in [6.07, 6.45) is 3.61. The quantitative estimate of drug-likeness (QED) is 0.665. The van der Waals surface area contributed by atoms with Crippen LogP contribution in [0.1, 0.15) is 31.7 Å². The predicted molar refractivity (Wildman–Crippen MR) is 75.8 cm³/mol. The fraction of sp³-hybridized carbons (Fsp3) is 0.462. The Labute approximate surface area is 111 Å². The van der Waals surface area contributed by atoms with E-state index >= 15 is 0 Å². The Balaban J connectivity index is 2.40. The van der Waals surface area contributed by atoms with E-state index in [0.29, 0.717) is 6.04 Å². The monoisotopic (exact) mass is 295 g/mol. The minimum absolute atomic E-state index is 0.142. The molecule has 0 aliphatic carbocycles. The molecule has 0 radical (unpaired) electrons. The Morgan fingerprint density at radius 2 is 2.35 bits per heavy atom. The number of halogens is 1. The molecule has 1 atom stereocenters. The van der Waals surface area contributed by atoms with Gasteiger partial charge in [0, 0.05) is 28.3 Å². The average Bonchev–Trinajstić information content (AvgIpc) is 2.76. The van der Waals surface area contributed by atoms with E-state index in [4.69, 9.17) is 11.1 Å². The first kappa shape index (κ1) is 12.4. The first-order valence-electron chi connectivity index (χ1n) is 6.04. The van der Waals surface area contributed by atoms with Gasteiger partial charge in [-0.2, -0.15) is 0 Å². The molecule has 0 saturated carbocycles. The number of anilines is 1. The second-order valence-electron chi connectivity index (χ2n) is 4.47. The van der Waals surface area contributed by atoms with Gasteiger partial charge in [0.1, 0.15) is 5.84 Å². The van der Waals surface area contributed by atoms with Crippen molar-refractivity contribution in [2.45, 2.75) is 32.2 Å². The fourth-order valence-corrected chi connectivity index (χ4v) is 2.91. The van der Waals surface area contributed by atoms with Crippen LogP contribution in [0.25, 0.3) is 0 Å². The lowest BCUT2D eigenvalue weighted by atomic mass is 10.1. The Bertz CT molecular complexity index is 431. The van der Waals surface area contributed by atoms with Gasteiger partial charge in [-0.25, -0.2) is 0 Å². The highest BCUT2D eigenvalue weighted by molar-refractivity contribution is 9.10. The number of nitrogens with two attached hydrogens (primary N) is 1. The number of amidine groups is 1. The number of nitrogens with zero attached hydrogens (tertiary/aromatic N) is 1. The van der Waals surface area contributed by atoms with Crippen LogP contribution in [0.15, 0.2) is 22.7 Å². The molecule has 1 aliphatic rings. The van der Waals surface area contributed by atoms with E-state index in [0.717, 1.165) is 28.7 Å². The van der Waals surface area contributed by atoms with Crippen LogP contribution in [0, 0.1) is 5.41 Å². The zero-order chi connectivity index (χ0) is 12.4. The maximum Gasteiger partial charge on any atom is 0.124 e. The summed E-state index contributed by atoms with van der Waals surface area (Å²) in [5.74, 6) is 0.142. The highest BCUT2D eigenvalue weighted by Gasteiger charge is 2.25. The summed E-state index contributed by atoms with van der Waals surface area (Å²) in [5.41, 5.74) is 7.61. The lowest BCUT2D eigenvalue weighted by Gasteiger charge is -2.28. The Morgan fingerprint density at radius 1 is 1.59 bits per heavy atom. The Kier molecular flexibility index (Phi) is 3.72. The molecule has 1 aromatic carbocycles. The van der Waals surface area contributed by atoms with E-state index in [1.807, 2.05) is 12.1 Å². The summed E-state index contributed by atoms with van der Waals surface area (Å²) in [6, 6.07) is 6.61. The number of rotatable bonds is 3. The molecule has 92 valence electrons. The van der Waals surface area contributed by atoms with Crippen LogP contribution in [0.3, 0.4) is 0 Å². The van der Waals surface area contributed by atoms with Crippen LogP contribution in [0.4, 0.5) is 5.69 Å². The molecule has 1 fully saturated rings. The predicted octanol–water partition coefficient (Wildman–Crippen LogP) is 3.11. The summed E-state index contributed by atoms with van der Waals surface area (Å²) < 4.78 is 0.971. The van der Waals surface area contributed by atoms with Gasteiger partial charge in [-0.1, -0.05) is 22.9 Å². The largest absolute Gasteiger partial charge is 0.384 e. The third kappa shape index (κ3) is 2.46. The number of benzene rings is 1. The van der Waals surface area contributed by atoms with Gasteiger partial charge in [0.2, 0.25) is 0 Å². The molecule has 0 amide bonds. The van der Waals surface area contributed by atoms with Gasteiger partial charge in [-0.05, 0) is 37.5 Å². The molecule has 2 rings (SSSR count). The van der Waals surface area contributed by atoms with Gasteiger partial charge < -0.3 is 10.6 Å². The summed E-state index contributed by atoms with van der Waals surface area (Å²) in [4.78, 5) is 2.39. The van der Waals surface area contributed by atoms with E-state index in [9.17, 15) is 0 Å². The van der Waals surface area contributed by atoms with Crippen LogP contribution in [0.2, 0.25) is 0 Å². The maximum atomic E-state index is 7.69. The van der Waals surface area contributed by atoms with Crippen LogP contribution >= 0.6 is 15.9 Å². The zero-order valence-corrected chi connectivity index (χ0v) is 11.6. The molecule has 0 bridgehead atoms. The minimum Gasteiger partial charge on any atom is -0.384 e. The van der Waals surface area contributed by atoms with Crippen molar-refractivity contribution in [2.75, 3.05) is 11.4 Å². The number of nitrogen functional groups attached to an aromatic ring is 1. The first-order valence-corrected chi connectivity index (χ1v) is 6.83. The number of hydrogen-bond donors (Lipinski definition) is 2. The van der Waals surface area contributed by atoms with Crippen molar-refractivity contribution in [3.8, 4) is 0 Å². The summed E-state index contributed by atoms with van der Waals surface area (Å²) >= 11 is 3.43. The fourth-order valence-electron chi connectivity index (χ4n) is 2.55. The van der Waals surface area contributed by atoms with Gasteiger partial charge >= 0.3 is 0 Å². The number of nitrogens with one attached hydrogen (secondary N) is 1. The Morgan fingerprint density at radius 3 is 3.00 bits per heavy atom. The van der Waals surface area contributed by atoms with E-state index in [-0.39, 0.29) is 5.84 Å². The molecule has 1 unspecified atom stereocenters. The summed E-state index contributed by atoms with van der Waals surface area (Å²) in [6.45, 7) is 3.29. The van der Waals surface area contributed by atoms with Crippen molar-refractivity contribution >= 4 is 27.5 Å². The van der Waals surface area contributed by atoms with Gasteiger partial charge in [0.05, 0.1) is 0 Å². The summed E-state index contributed by atoms with van der Waals surface area (Å²) in [7, 11) is 0. The molecule has 4 heteroatoms. The molecule has 1 aliphatic heterocycles. The van der Waals surface area contributed by atoms with Crippen molar-refractivity contribution in [3.63, 3.8) is 0 Å². The third-order valence-electron chi connectivity index (χ3n) is 3.41. The van der Waals surface area contributed by atoms with E-state index < -0.39 is 0 Å². The van der Waals surface area contributed by atoms with Crippen LogP contribution < -0.4 is 10.6 Å². The molecular weight excluding hydrogens is 278 g/mol. The molecule has 1 heterocycles. The van der Waals surface area contributed by atoms with Crippen molar-refractivity contribution in [3.05, 3.63) is 28.2 Å². The van der Waals surface area contributed by atoms with E-state index in [2.05, 4.69) is 33.8 Å². The normalized spacial score (nSPS) is 19.6. The van der Waals surface area contributed by atoms with Crippen LogP contribution in [-0.2, 0) is 0 Å². The van der Waals surface area contributed by atoms with Crippen LogP contribution in [0.5, 0.6) is 0 Å². The second kappa shape index (κ2) is 5.08. The molecule has 17 heavy (non-hydrogen) atoms. The van der Waals surface area contributed by atoms with Crippen molar-refractivity contribution in [1.82, 2.24) is 0 Å². The average molecular weight is 296 g/mol. The minimum atomic E-state index is 0.142. The zero-order valence-electron chi connectivity index (χ0n) is 10.0. The van der Waals surface area contributed by atoms with E-state index in [1.54, 1.807) is 0 Å². The molecule has 0 spiro atoms. The van der Waals surface area contributed by atoms with Gasteiger partial charge in [0.15, 0.2) is 0 Å².